The van der Waals surface area contributed by atoms with E-state index >= 15 is 0 Å². The molecular formula is C16H26N2O2. The fraction of sp³-hybridized carbons (Fsp3) is 0.562. The van der Waals surface area contributed by atoms with Gasteiger partial charge in [-0.05, 0) is 30.5 Å². The third-order valence-corrected chi connectivity index (χ3v) is 2.80. The Labute approximate surface area is 121 Å². The van der Waals surface area contributed by atoms with Crippen LogP contribution in [0.25, 0.3) is 0 Å². The zero-order valence-electron chi connectivity index (χ0n) is 12.7. The molecule has 1 aromatic carbocycles. The minimum absolute atomic E-state index is 0.109. The van der Waals surface area contributed by atoms with Crippen molar-refractivity contribution in [3.05, 3.63) is 29.8 Å². The number of carbonyl (C=O) groups excluding carboxylic acids is 1. The Hall–Kier alpha value is -1.55. The highest BCUT2D eigenvalue weighted by atomic mass is 16.5. The number of rotatable bonds is 9. The van der Waals surface area contributed by atoms with Gasteiger partial charge in [-0.3, -0.25) is 4.79 Å². The van der Waals surface area contributed by atoms with Crippen molar-refractivity contribution < 1.29 is 9.53 Å². The lowest BCUT2D eigenvalue weighted by Gasteiger charge is -2.09. The van der Waals surface area contributed by atoms with Crippen molar-refractivity contribution in [3.8, 4) is 5.75 Å². The van der Waals surface area contributed by atoms with Crippen molar-refractivity contribution in [3.63, 3.8) is 0 Å². The molecule has 0 aromatic heterocycles. The smallest absolute Gasteiger partial charge is 0.221 e. The minimum Gasteiger partial charge on any atom is -0.494 e. The summed E-state index contributed by atoms with van der Waals surface area (Å²) in [6.45, 7) is 9.04. The topological polar surface area (TPSA) is 50.4 Å². The lowest BCUT2D eigenvalue weighted by Crippen LogP contribution is -2.30. The zero-order chi connectivity index (χ0) is 14.8. The lowest BCUT2D eigenvalue weighted by molar-refractivity contribution is -0.121. The number of hydrogen-bond acceptors (Lipinski definition) is 3. The monoisotopic (exact) mass is 278 g/mol. The van der Waals surface area contributed by atoms with Crippen LogP contribution in [0.15, 0.2) is 24.3 Å². The molecule has 0 fully saturated rings. The van der Waals surface area contributed by atoms with Crippen molar-refractivity contribution in [1.29, 1.82) is 0 Å². The Morgan fingerprint density at radius 3 is 2.55 bits per heavy atom. The average molecular weight is 278 g/mol. The quantitative estimate of drug-likeness (QED) is 0.682. The van der Waals surface area contributed by atoms with Gasteiger partial charge in [0, 0.05) is 26.1 Å². The van der Waals surface area contributed by atoms with Crippen LogP contribution in [0.5, 0.6) is 5.75 Å². The first-order valence-electron chi connectivity index (χ1n) is 7.31. The highest BCUT2D eigenvalue weighted by molar-refractivity contribution is 5.76. The molecule has 4 nitrogen and oxygen atoms in total. The standard InChI is InChI=1S/C16H26N2O2/c1-4-20-15-7-5-14(6-8-15)12-17-10-9-16(19)18-11-13(2)3/h5-8,13,17H,4,9-12H2,1-3H3,(H,18,19). The molecule has 0 radical (unpaired) electrons. The van der Waals surface area contributed by atoms with Crippen LogP contribution in [0.4, 0.5) is 0 Å². The third kappa shape index (κ3) is 7.14. The number of carbonyl (C=O) groups is 1. The van der Waals surface area contributed by atoms with Gasteiger partial charge in [0.25, 0.3) is 0 Å². The fourth-order valence-electron chi connectivity index (χ4n) is 1.71. The maximum absolute atomic E-state index is 11.5. The number of ether oxygens (including phenoxy) is 1. The van der Waals surface area contributed by atoms with Crippen molar-refractivity contribution >= 4 is 5.91 Å². The second-order valence-corrected chi connectivity index (χ2v) is 5.20. The van der Waals surface area contributed by atoms with E-state index < -0.39 is 0 Å². The fourth-order valence-corrected chi connectivity index (χ4v) is 1.71. The SMILES string of the molecule is CCOc1ccc(CNCCC(=O)NCC(C)C)cc1. The lowest BCUT2D eigenvalue weighted by atomic mass is 10.2. The first-order valence-corrected chi connectivity index (χ1v) is 7.31. The molecule has 0 saturated carbocycles. The second kappa shape index (κ2) is 9.37. The van der Waals surface area contributed by atoms with E-state index in [1.165, 1.54) is 5.56 Å². The Morgan fingerprint density at radius 1 is 1.25 bits per heavy atom. The molecule has 20 heavy (non-hydrogen) atoms. The summed E-state index contributed by atoms with van der Waals surface area (Å²) < 4.78 is 5.39. The second-order valence-electron chi connectivity index (χ2n) is 5.20. The predicted octanol–water partition coefficient (Wildman–Crippen LogP) is 2.34. The Morgan fingerprint density at radius 2 is 1.95 bits per heavy atom. The van der Waals surface area contributed by atoms with Gasteiger partial charge in [-0.25, -0.2) is 0 Å². The zero-order valence-corrected chi connectivity index (χ0v) is 12.7. The van der Waals surface area contributed by atoms with Crippen molar-refractivity contribution in [2.24, 2.45) is 5.92 Å². The van der Waals surface area contributed by atoms with Gasteiger partial charge in [-0.2, -0.15) is 0 Å². The molecule has 112 valence electrons. The van der Waals surface area contributed by atoms with Gasteiger partial charge in [0.15, 0.2) is 0 Å². The molecule has 0 bridgehead atoms. The van der Waals surface area contributed by atoms with Gasteiger partial charge in [0.05, 0.1) is 6.61 Å². The van der Waals surface area contributed by atoms with E-state index in [-0.39, 0.29) is 5.91 Å². The molecule has 1 amide bonds. The van der Waals surface area contributed by atoms with Gasteiger partial charge in [-0.15, -0.1) is 0 Å². The summed E-state index contributed by atoms with van der Waals surface area (Å²) in [7, 11) is 0. The van der Waals surface area contributed by atoms with E-state index in [1.807, 2.05) is 31.2 Å². The molecule has 1 rings (SSSR count). The summed E-state index contributed by atoms with van der Waals surface area (Å²) in [6, 6.07) is 8.01. The summed E-state index contributed by atoms with van der Waals surface area (Å²) >= 11 is 0. The molecule has 0 aliphatic carbocycles. The predicted molar refractivity (Wildman–Crippen MR) is 81.8 cm³/mol. The van der Waals surface area contributed by atoms with E-state index in [2.05, 4.69) is 24.5 Å². The van der Waals surface area contributed by atoms with Crippen LogP contribution in [-0.2, 0) is 11.3 Å². The van der Waals surface area contributed by atoms with Crippen LogP contribution < -0.4 is 15.4 Å². The highest BCUT2D eigenvalue weighted by Crippen LogP contribution is 2.11. The summed E-state index contributed by atoms with van der Waals surface area (Å²) in [6.07, 6.45) is 0.518. The maximum Gasteiger partial charge on any atom is 0.221 e. The number of hydrogen-bond donors (Lipinski definition) is 2. The average Bonchev–Trinajstić information content (AvgIpc) is 2.43. The highest BCUT2D eigenvalue weighted by Gasteiger charge is 2.01. The summed E-state index contributed by atoms with van der Waals surface area (Å²) in [5.74, 6) is 1.50. The van der Waals surface area contributed by atoms with Crippen molar-refractivity contribution in [2.45, 2.75) is 33.7 Å². The normalized spacial score (nSPS) is 10.6. The van der Waals surface area contributed by atoms with Crippen molar-refractivity contribution in [1.82, 2.24) is 10.6 Å². The molecule has 2 N–H and O–H groups in total. The molecule has 0 spiro atoms. The summed E-state index contributed by atoms with van der Waals surface area (Å²) in [4.78, 5) is 11.5. The Bertz CT molecular complexity index is 388. The van der Waals surface area contributed by atoms with Crippen LogP contribution in [0, 0.1) is 5.92 Å². The van der Waals surface area contributed by atoms with Crippen LogP contribution in [0.1, 0.15) is 32.8 Å². The molecule has 0 saturated heterocycles. The minimum atomic E-state index is 0.109. The molecule has 0 aliphatic heterocycles. The van der Waals surface area contributed by atoms with Crippen LogP contribution >= 0.6 is 0 Å². The van der Waals surface area contributed by atoms with Gasteiger partial charge >= 0.3 is 0 Å². The van der Waals surface area contributed by atoms with E-state index in [1.54, 1.807) is 0 Å². The van der Waals surface area contributed by atoms with E-state index in [9.17, 15) is 4.79 Å². The first-order chi connectivity index (χ1) is 9.61. The molecule has 1 aromatic rings. The third-order valence-electron chi connectivity index (χ3n) is 2.80. The van der Waals surface area contributed by atoms with E-state index in [0.717, 1.165) is 18.8 Å². The summed E-state index contributed by atoms with van der Waals surface area (Å²) in [5.41, 5.74) is 1.19. The summed E-state index contributed by atoms with van der Waals surface area (Å²) in [5, 5.41) is 6.18. The Kier molecular flexibility index (Phi) is 7.73. The molecule has 4 heteroatoms. The van der Waals surface area contributed by atoms with Gasteiger partial charge in [0.1, 0.15) is 5.75 Å². The van der Waals surface area contributed by atoms with Crippen LogP contribution in [0.3, 0.4) is 0 Å². The Balaban J connectivity index is 2.16. The number of amides is 1. The largest absolute Gasteiger partial charge is 0.494 e. The molecule has 0 unspecified atom stereocenters. The number of nitrogens with one attached hydrogen (secondary N) is 2. The van der Waals surface area contributed by atoms with E-state index in [4.69, 9.17) is 4.74 Å². The maximum atomic E-state index is 11.5. The van der Waals surface area contributed by atoms with Gasteiger partial charge in [-0.1, -0.05) is 26.0 Å². The molecule has 0 aliphatic rings. The molecule has 0 atom stereocenters. The van der Waals surface area contributed by atoms with Crippen molar-refractivity contribution in [2.75, 3.05) is 19.7 Å². The van der Waals surface area contributed by atoms with Crippen LogP contribution in [-0.4, -0.2) is 25.6 Å². The van der Waals surface area contributed by atoms with Gasteiger partial charge < -0.3 is 15.4 Å². The van der Waals surface area contributed by atoms with Crippen LogP contribution in [0.2, 0.25) is 0 Å². The molecule has 0 heterocycles. The molecular weight excluding hydrogens is 252 g/mol. The van der Waals surface area contributed by atoms with Gasteiger partial charge in [0.2, 0.25) is 5.91 Å². The first kappa shape index (κ1) is 16.5. The number of benzene rings is 1. The van der Waals surface area contributed by atoms with E-state index in [0.29, 0.717) is 25.5 Å².